The van der Waals surface area contributed by atoms with E-state index in [-0.39, 0.29) is 0 Å². The van der Waals surface area contributed by atoms with Gasteiger partial charge in [0.1, 0.15) is 0 Å². The number of ether oxygens (including phenoxy) is 2. The lowest BCUT2D eigenvalue weighted by Gasteiger charge is -2.12. The molecule has 5 nitrogen and oxygen atoms in total. The molecule has 21 heavy (non-hydrogen) atoms. The summed E-state index contributed by atoms with van der Waals surface area (Å²) in [5, 5.41) is 8.18. The summed E-state index contributed by atoms with van der Waals surface area (Å²) in [6.45, 7) is 3.71. The third-order valence-corrected chi connectivity index (χ3v) is 3.41. The van der Waals surface area contributed by atoms with Crippen molar-refractivity contribution in [3.8, 4) is 11.5 Å². The normalized spacial score (nSPS) is 10.5. The molecule has 2 aromatic rings. The van der Waals surface area contributed by atoms with Crippen molar-refractivity contribution >= 4 is 17.3 Å². The molecule has 1 aromatic carbocycles. The van der Waals surface area contributed by atoms with Crippen molar-refractivity contribution in [3.63, 3.8) is 0 Å². The molecule has 0 fully saturated rings. The van der Waals surface area contributed by atoms with Gasteiger partial charge in [-0.15, -0.1) is 0 Å². The van der Waals surface area contributed by atoms with Gasteiger partial charge in [-0.1, -0.05) is 18.5 Å². The average Bonchev–Trinajstić information content (AvgIpc) is 2.93. The highest BCUT2D eigenvalue weighted by Gasteiger charge is 2.10. The zero-order valence-electron chi connectivity index (χ0n) is 12.5. The molecule has 6 heteroatoms. The van der Waals surface area contributed by atoms with Crippen molar-refractivity contribution in [1.29, 1.82) is 0 Å². The minimum atomic E-state index is 0.591. The Bertz CT molecular complexity index is 599. The molecule has 0 aliphatic rings. The smallest absolute Gasteiger partial charge is 0.162 e. The predicted molar refractivity (Wildman–Crippen MR) is 84.4 cm³/mol. The zero-order chi connectivity index (χ0) is 15.2. The highest BCUT2D eigenvalue weighted by Crippen LogP contribution is 2.36. The van der Waals surface area contributed by atoms with Crippen molar-refractivity contribution in [2.24, 2.45) is 0 Å². The molecule has 0 amide bonds. The van der Waals surface area contributed by atoms with Crippen LogP contribution in [0, 0.1) is 0 Å². The first kappa shape index (κ1) is 15.5. The van der Waals surface area contributed by atoms with Crippen LogP contribution in [-0.4, -0.2) is 24.0 Å². The van der Waals surface area contributed by atoms with Crippen LogP contribution in [0.25, 0.3) is 0 Å². The molecule has 0 unspecified atom stereocenters. The summed E-state index contributed by atoms with van der Waals surface area (Å²) in [5.41, 5.74) is 1.91. The lowest BCUT2D eigenvalue weighted by molar-refractivity contribution is 0.355. The Labute approximate surface area is 129 Å². The van der Waals surface area contributed by atoms with Crippen LogP contribution in [0.2, 0.25) is 5.02 Å². The van der Waals surface area contributed by atoms with Crippen molar-refractivity contribution < 1.29 is 9.47 Å². The first-order valence-corrected chi connectivity index (χ1v) is 7.22. The van der Waals surface area contributed by atoms with Crippen LogP contribution in [0.15, 0.2) is 24.5 Å². The van der Waals surface area contributed by atoms with Gasteiger partial charge in [-0.05, 0) is 6.42 Å². The second-order valence-corrected chi connectivity index (χ2v) is 5.06. The minimum absolute atomic E-state index is 0.591. The molecule has 0 atom stereocenters. The lowest BCUT2D eigenvalue weighted by Crippen LogP contribution is -2.01. The van der Waals surface area contributed by atoms with Gasteiger partial charge in [-0.2, -0.15) is 5.10 Å². The summed E-state index contributed by atoms with van der Waals surface area (Å²) < 4.78 is 12.4. The van der Waals surface area contributed by atoms with E-state index in [9.17, 15) is 0 Å². The highest BCUT2D eigenvalue weighted by atomic mass is 35.5. The second-order valence-electron chi connectivity index (χ2n) is 4.65. The van der Waals surface area contributed by atoms with Crippen LogP contribution in [-0.2, 0) is 13.1 Å². The van der Waals surface area contributed by atoms with E-state index in [4.69, 9.17) is 21.1 Å². The fraction of sp³-hybridized carbons (Fsp3) is 0.400. The van der Waals surface area contributed by atoms with Crippen molar-refractivity contribution in [3.05, 3.63) is 35.1 Å². The third kappa shape index (κ3) is 3.82. The average molecular weight is 310 g/mol. The number of hydrogen-bond acceptors (Lipinski definition) is 4. The summed E-state index contributed by atoms with van der Waals surface area (Å²) in [6.07, 6.45) is 4.96. The number of nitrogens with zero attached hydrogens (tertiary/aromatic N) is 2. The van der Waals surface area contributed by atoms with E-state index in [1.54, 1.807) is 20.3 Å². The molecule has 114 valence electrons. The summed E-state index contributed by atoms with van der Waals surface area (Å²) in [7, 11) is 3.19. The van der Waals surface area contributed by atoms with Crippen molar-refractivity contribution in [2.75, 3.05) is 19.5 Å². The minimum Gasteiger partial charge on any atom is -0.493 e. The molecule has 2 rings (SSSR count). The number of aromatic nitrogens is 2. The van der Waals surface area contributed by atoms with E-state index in [0.717, 1.165) is 24.2 Å². The Morgan fingerprint density at radius 3 is 2.62 bits per heavy atom. The largest absolute Gasteiger partial charge is 0.493 e. The molecule has 0 aliphatic carbocycles. The number of aryl methyl sites for hydroxylation is 1. The quantitative estimate of drug-likeness (QED) is 0.849. The Kier molecular flexibility index (Phi) is 5.33. The van der Waals surface area contributed by atoms with Crippen molar-refractivity contribution in [1.82, 2.24) is 9.78 Å². The number of anilines is 1. The van der Waals surface area contributed by atoms with Gasteiger partial charge in [0.25, 0.3) is 0 Å². The zero-order valence-corrected chi connectivity index (χ0v) is 13.3. The van der Waals surface area contributed by atoms with E-state index in [1.807, 2.05) is 23.1 Å². The van der Waals surface area contributed by atoms with Crippen LogP contribution in [0.1, 0.15) is 18.9 Å². The van der Waals surface area contributed by atoms with Gasteiger partial charge < -0.3 is 14.8 Å². The Balaban J connectivity index is 2.08. The summed E-state index contributed by atoms with van der Waals surface area (Å²) in [6, 6.07) is 3.57. The second kappa shape index (κ2) is 7.22. The van der Waals surface area contributed by atoms with Gasteiger partial charge in [-0.3, -0.25) is 4.68 Å². The molecule has 1 aromatic heterocycles. The van der Waals surface area contributed by atoms with Gasteiger partial charge in [0.15, 0.2) is 11.5 Å². The van der Waals surface area contributed by atoms with E-state index in [1.165, 1.54) is 0 Å². The van der Waals surface area contributed by atoms with Gasteiger partial charge >= 0.3 is 0 Å². The first-order chi connectivity index (χ1) is 10.2. The molecular weight excluding hydrogens is 290 g/mol. The van der Waals surface area contributed by atoms with E-state index in [2.05, 4.69) is 17.3 Å². The number of halogens is 1. The molecule has 0 aliphatic heterocycles. The number of benzene rings is 1. The molecular formula is C15H20ClN3O2. The summed E-state index contributed by atoms with van der Waals surface area (Å²) in [5.74, 6) is 1.26. The van der Waals surface area contributed by atoms with Gasteiger partial charge in [0, 0.05) is 37.0 Å². The maximum atomic E-state index is 6.24. The Morgan fingerprint density at radius 2 is 1.95 bits per heavy atom. The number of rotatable bonds is 7. The fourth-order valence-electron chi connectivity index (χ4n) is 2.04. The number of nitrogens with one attached hydrogen (secondary N) is 1. The van der Waals surface area contributed by atoms with Crippen molar-refractivity contribution in [2.45, 2.75) is 26.4 Å². The van der Waals surface area contributed by atoms with E-state index < -0.39 is 0 Å². The number of methoxy groups -OCH3 is 2. The highest BCUT2D eigenvalue weighted by molar-refractivity contribution is 6.33. The van der Waals surface area contributed by atoms with E-state index in [0.29, 0.717) is 23.1 Å². The molecule has 0 spiro atoms. The molecule has 0 saturated carbocycles. The van der Waals surface area contributed by atoms with E-state index >= 15 is 0 Å². The van der Waals surface area contributed by atoms with Crippen LogP contribution in [0.3, 0.4) is 0 Å². The van der Waals surface area contributed by atoms with Gasteiger partial charge in [0.2, 0.25) is 0 Å². The van der Waals surface area contributed by atoms with Crippen LogP contribution < -0.4 is 14.8 Å². The van der Waals surface area contributed by atoms with Gasteiger partial charge in [0.05, 0.1) is 31.1 Å². The van der Waals surface area contributed by atoms with Crippen LogP contribution in [0.5, 0.6) is 11.5 Å². The first-order valence-electron chi connectivity index (χ1n) is 6.84. The summed E-state index contributed by atoms with van der Waals surface area (Å²) >= 11 is 6.24. The fourth-order valence-corrected chi connectivity index (χ4v) is 2.26. The maximum Gasteiger partial charge on any atom is 0.162 e. The standard InChI is InChI=1S/C15H20ClN3O2/c1-4-5-19-10-11(9-18-19)8-17-13-7-15(21-3)14(20-2)6-12(13)16/h6-7,9-10,17H,4-5,8H2,1-3H3. The summed E-state index contributed by atoms with van der Waals surface area (Å²) in [4.78, 5) is 0. The molecule has 0 bridgehead atoms. The van der Waals surface area contributed by atoms with Crippen LogP contribution >= 0.6 is 11.6 Å². The predicted octanol–water partition coefficient (Wildman–Crippen LogP) is 3.58. The molecule has 0 saturated heterocycles. The Hall–Kier alpha value is -1.88. The Morgan fingerprint density at radius 1 is 1.24 bits per heavy atom. The lowest BCUT2D eigenvalue weighted by atomic mass is 10.2. The topological polar surface area (TPSA) is 48.3 Å². The SMILES string of the molecule is CCCn1cc(CNc2cc(OC)c(OC)cc2Cl)cn1. The molecule has 1 heterocycles. The maximum absolute atomic E-state index is 6.24. The molecule has 1 N–H and O–H groups in total. The van der Waals surface area contributed by atoms with Crippen LogP contribution in [0.4, 0.5) is 5.69 Å². The van der Waals surface area contributed by atoms with Gasteiger partial charge in [-0.25, -0.2) is 0 Å². The number of hydrogen-bond donors (Lipinski definition) is 1. The molecule has 0 radical (unpaired) electrons. The monoisotopic (exact) mass is 309 g/mol. The third-order valence-electron chi connectivity index (χ3n) is 3.10.